The molecule has 2 aromatic carbocycles. The van der Waals surface area contributed by atoms with E-state index in [-0.39, 0.29) is 17.9 Å². The van der Waals surface area contributed by atoms with E-state index in [4.69, 9.17) is 0 Å². The van der Waals surface area contributed by atoms with E-state index in [0.29, 0.717) is 17.0 Å². The molecule has 0 radical (unpaired) electrons. The van der Waals surface area contributed by atoms with Crippen LogP contribution in [0.2, 0.25) is 0 Å². The zero-order chi connectivity index (χ0) is 18.5. The molecule has 132 valence electrons. The summed E-state index contributed by atoms with van der Waals surface area (Å²) in [5.41, 5.74) is 5.57. The van der Waals surface area contributed by atoms with Crippen LogP contribution in [0.15, 0.2) is 70.6 Å². The van der Waals surface area contributed by atoms with E-state index in [0.717, 1.165) is 11.3 Å². The Bertz CT molecular complexity index is 986. The smallest absolute Gasteiger partial charge is 0.280 e. The minimum absolute atomic E-state index is 0.202. The predicted octanol–water partition coefficient (Wildman–Crippen LogP) is 2.56. The number of hydrogen-bond acceptors (Lipinski definition) is 3. The standard InChI is InChI=1S/C20H20N4O2/c1-14(21-22-18(25)13-16-9-5-3-6-10-16)19-15(2)23-24(20(19)26)17-11-7-4-8-12-17/h3-12,23H,13H2,1-2H3,(H,22,25). The molecule has 0 bridgehead atoms. The van der Waals surface area contributed by atoms with Gasteiger partial charge in [-0.2, -0.15) is 5.10 Å². The van der Waals surface area contributed by atoms with Crippen molar-refractivity contribution in [2.75, 3.05) is 0 Å². The topological polar surface area (TPSA) is 79.2 Å². The molecule has 1 aromatic heterocycles. The van der Waals surface area contributed by atoms with Crippen molar-refractivity contribution in [3.63, 3.8) is 0 Å². The van der Waals surface area contributed by atoms with Crippen molar-refractivity contribution in [1.82, 2.24) is 15.2 Å². The Morgan fingerprint density at radius 3 is 2.35 bits per heavy atom. The second-order valence-electron chi connectivity index (χ2n) is 5.98. The molecule has 6 heteroatoms. The fourth-order valence-corrected chi connectivity index (χ4v) is 2.75. The lowest BCUT2D eigenvalue weighted by atomic mass is 10.1. The number of aromatic amines is 1. The van der Waals surface area contributed by atoms with Crippen LogP contribution in [-0.2, 0) is 11.2 Å². The molecule has 0 aliphatic carbocycles. The van der Waals surface area contributed by atoms with E-state index >= 15 is 0 Å². The molecule has 0 fully saturated rings. The zero-order valence-electron chi connectivity index (χ0n) is 14.7. The summed E-state index contributed by atoms with van der Waals surface area (Å²) in [5, 5.41) is 7.15. The minimum atomic E-state index is -0.230. The van der Waals surface area contributed by atoms with Crippen LogP contribution in [0.4, 0.5) is 0 Å². The molecule has 3 rings (SSSR count). The first-order chi connectivity index (χ1) is 12.6. The van der Waals surface area contributed by atoms with Crippen molar-refractivity contribution in [3.05, 3.63) is 87.8 Å². The summed E-state index contributed by atoms with van der Waals surface area (Å²) >= 11 is 0. The Labute approximate surface area is 151 Å². The summed E-state index contributed by atoms with van der Waals surface area (Å²) in [6.07, 6.45) is 0.234. The van der Waals surface area contributed by atoms with Crippen LogP contribution in [-0.4, -0.2) is 21.4 Å². The molecule has 3 aromatic rings. The third-order valence-electron chi connectivity index (χ3n) is 4.00. The molecule has 1 heterocycles. The molecule has 0 atom stereocenters. The first kappa shape index (κ1) is 17.4. The molecular formula is C20H20N4O2. The third kappa shape index (κ3) is 3.80. The van der Waals surface area contributed by atoms with Gasteiger partial charge in [0.15, 0.2) is 0 Å². The summed E-state index contributed by atoms with van der Waals surface area (Å²) in [7, 11) is 0. The van der Waals surface area contributed by atoms with E-state index in [1.165, 1.54) is 4.68 Å². The second-order valence-corrected chi connectivity index (χ2v) is 5.98. The van der Waals surface area contributed by atoms with Crippen molar-refractivity contribution >= 4 is 11.6 Å². The highest BCUT2D eigenvalue weighted by Gasteiger charge is 2.15. The quantitative estimate of drug-likeness (QED) is 0.549. The highest BCUT2D eigenvalue weighted by Crippen LogP contribution is 2.07. The van der Waals surface area contributed by atoms with Crippen molar-refractivity contribution in [3.8, 4) is 5.69 Å². The summed E-state index contributed by atoms with van der Waals surface area (Å²) in [5.74, 6) is -0.230. The Morgan fingerprint density at radius 1 is 1.08 bits per heavy atom. The van der Waals surface area contributed by atoms with Gasteiger partial charge >= 0.3 is 0 Å². The molecule has 0 saturated carbocycles. The second kappa shape index (κ2) is 7.65. The fraction of sp³-hybridized carbons (Fsp3) is 0.150. The van der Waals surface area contributed by atoms with Gasteiger partial charge in [0.05, 0.1) is 23.4 Å². The number of aromatic nitrogens is 2. The molecule has 0 saturated heterocycles. The van der Waals surface area contributed by atoms with E-state index in [1.807, 2.05) is 60.7 Å². The minimum Gasteiger partial charge on any atom is -0.295 e. The Morgan fingerprint density at radius 2 is 1.69 bits per heavy atom. The van der Waals surface area contributed by atoms with Crippen molar-refractivity contribution in [2.24, 2.45) is 5.10 Å². The monoisotopic (exact) mass is 348 g/mol. The molecule has 0 aliphatic rings. The maximum absolute atomic E-state index is 12.7. The summed E-state index contributed by atoms with van der Waals surface area (Å²) in [6, 6.07) is 18.7. The van der Waals surface area contributed by atoms with Gasteiger partial charge in [0.25, 0.3) is 5.56 Å². The Balaban J connectivity index is 1.78. The van der Waals surface area contributed by atoms with E-state index in [1.54, 1.807) is 13.8 Å². The zero-order valence-corrected chi connectivity index (χ0v) is 14.7. The van der Waals surface area contributed by atoms with Crippen LogP contribution in [0, 0.1) is 6.92 Å². The van der Waals surface area contributed by atoms with Gasteiger partial charge in [0.2, 0.25) is 5.91 Å². The first-order valence-corrected chi connectivity index (χ1v) is 8.30. The van der Waals surface area contributed by atoms with Gasteiger partial charge in [-0.3, -0.25) is 14.7 Å². The molecule has 2 N–H and O–H groups in total. The molecule has 6 nitrogen and oxygen atoms in total. The number of carbonyl (C=O) groups excluding carboxylic acids is 1. The third-order valence-corrected chi connectivity index (χ3v) is 4.00. The average Bonchev–Trinajstić information content (AvgIpc) is 2.96. The molecule has 0 aliphatic heterocycles. The van der Waals surface area contributed by atoms with Gasteiger partial charge in [-0.05, 0) is 31.5 Å². The van der Waals surface area contributed by atoms with Crippen molar-refractivity contribution in [2.45, 2.75) is 20.3 Å². The highest BCUT2D eigenvalue weighted by molar-refractivity contribution is 6.00. The van der Waals surface area contributed by atoms with Gasteiger partial charge < -0.3 is 0 Å². The summed E-state index contributed by atoms with van der Waals surface area (Å²) in [6.45, 7) is 3.51. The molecule has 26 heavy (non-hydrogen) atoms. The van der Waals surface area contributed by atoms with Gasteiger partial charge in [-0.25, -0.2) is 10.1 Å². The number of hydrazone groups is 1. The van der Waals surface area contributed by atoms with Crippen molar-refractivity contribution < 1.29 is 4.79 Å². The maximum Gasteiger partial charge on any atom is 0.280 e. The largest absolute Gasteiger partial charge is 0.295 e. The normalized spacial score (nSPS) is 11.4. The molecule has 1 amide bonds. The number of carbonyl (C=O) groups is 1. The van der Waals surface area contributed by atoms with Gasteiger partial charge in [0, 0.05) is 5.69 Å². The van der Waals surface area contributed by atoms with Crippen LogP contribution in [0.5, 0.6) is 0 Å². The molecular weight excluding hydrogens is 328 g/mol. The molecule has 0 unspecified atom stereocenters. The Kier molecular flexibility index (Phi) is 5.12. The first-order valence-electron chi connectivity index (χ1n) is 8.30. The van der Waals surface area contributed by atoms with Gasteiger partial charge in [-0.15, -0.1) is 0 Å². The van der Waals surface area contributed by atoms with Crippen molar-refractivity contribution in [1.29, 1.82) is 0 Å². The maximum atomic E-state index is 12.7. The number of H-pyrrole nitrogens is 1. The van der Waals surface area contributed by atoms with Crippen LogP contribution >= 0.6 is 0 Å². The van der Waals surface area contributed by atoms with Gasteiger partial charge in [0.1, 0.15) is 0 Å². The number of amides is 1. The number of para-hydroxylation sites is 1. The van der Waals surface area contributed by atoms with Crippen LogP contribution in [0.1, 0.15) is 23.7 Å². The number of benzene rings is 2. The number of nitrogens with one attached hydrogen (secondary N) is 2. The fourth-order valence-electron chi connectivity index (χ4n) is 2.75. The van der Waals surface area contributed by atoms with Gasteiger partial charge in [-0.1, -0.05) is 48.5 Å². The predicted molar refractivity (Wildman–Crippen MR) is 102 cm³/mol. The van der Waals surface area contributed by atoms with E-state index in [2.05, 4.69) is 15.6 Å². The summed E-state index contributed by atoms with van der Waals surface area (Å²) in [4.78, 5) is 24.7. The lowest BCUT2D eigenvalue weighted by molar-refractivity contribution is -0.120. The lowest BCUT2D eigenvalue weighted by Crippen LogP contribution is -2.24. The Hall–Kier alpha value is -3.41. The number of aryl methyl sites for hydroxylation is 1. The van der Waals surface area contributed by atoms with Crippen LogP contribution < -0.4 is 11.0 Å². The summed E-state index contributed by atoms with van der Waals surface area (Å²) < 4.78 is 1.47. The SMILES string of the molecule is CC(=NNC(=O)Cc1ccccc1)c1c(C)[nH]n(-c2ccccc2)c1=O. The molecule has 0 spiro atoms. The average molecular weight is 348 g/mol. The number of nitrogens with zero attached hydrogens (tertiary/aromatic N) is 2. The lowest BCUT2D eigenvalue weighted by Gasteiger charge is -2.02. The highest BCUT2D eigenvalue weighted by atomic mass is 16.2. The number of hydrogen-bond donors (Lipinski definition) is 2. The van der Waals surface area contributed by atoms with Crippen LogP contribution in [0.3, 0.4) is 0 Å². The van der Waals surface area contributed by atoms with E-state index < -0.39 is 0 Å². The number of rotatable bonds is 5. The van der Waals surface area contributed by atoms with E-state index in [9.17, 15) is 9.59 Å². The van der Waals surface area contributed by atoms with Crippen LogP contribution in [0.25, 0.3) is 5.69 Å².